The molecule has 1 aromatic rings. The molecule has 0 amide bonds. The summed E-state index contributed by atoms with van der Waals surface area (Å²) in [7, 11) is 0. The van der Waals surface area contributed by atoms with Gasteiger partial charge in [0.25, 0.3) is 0 Å². The fourth-order valence-corrected chi connectivity index (χ4v) is 2.24. The second-order valence-electron chi connectivity index (χ2n) is 4.69. The van der Waals surface area contributed by atoms with Crippen molar-refractivity contribution in [3.05, 3.63) is 35.9 Å². The van der Waals surface area contributed by atoms with Crippen LogP contribution in [0.3, 0.4) is 0 Å². The summed E-state index contributed by atoms with van der Waals surface area (Å²) in [6, 6.07) is 8.23. The molecule has 106 valence electrons. The Morgan fingerprint density at radius 1 is 1.00 bits per heavy atom. The summed E-state index contributed by atoms with van der Waals surface area (Å²) in [5, 5.41) is 18.8. The Labute approximate surface area is 141 Å². The van der Waals surface area contributed by atoms with Crippen LogP contribution in [0.15, 0.2) is 30.3 Å². The van der Waals surface area contributed by atoms with Gasteiger partial charge >= 0.3 is 41.5 Å². The number of aliphatic carboxylic acids is 2. The van der Waals surface area contributed by atoms with Crippen LogP contribution in [0.2, 0.25) is 0 Å². The van der Waals surface area contributed by atoms with Crippen LogP contribution < -0.4 is 0 Å². The van der Waals surface area contributed by atoms with Crippen molar-refractivity contribution in [1.82, 2.24) is 0 Å². The van der Waals surface area contributed by atoms with Gasteiger partial charge in [-0.2, -0.15) is 0 Å². The first-order valence-corrected chi connectivity index (χ1v) is 6.58. The van der Waals surface area contributed by atoms with Crippen LogP contribution in [-0.2, 0) is 15.0 Å². The Kier molecular flexibility index (Phi) is 8.78. The first kappa shape index (κ1) is 19.2. The molecule has 0 radical (unpaired) electrons. The van der Waals surface area contributed by atoms with Gasteiger partial charge < -0.3 is 10.2 Å². The zero-order valence-electron chi connectivity index (χ0n) is 11.1. The minimum atomic E-state index is -1.82. The van der Waals surface area contributed by atoms with Crippen LogP contribution in [0, 0.1) is 0 Å². The van der Waals surface area contributed by atoms with Crippen molar-refractivity contribution >= 4 is 41.5 Å². The van der Waals surface area contributed by atoms with Gasteiger partial charge in [-0.1, -0.05) is 62.9 Å². The average Bonchev–Trinajstić information content (AvgIpc) is 2.39. The third-order valence-corrected chi connectivity index (χ3v) is 3.40. The van der Waals surface area contributed by atoms with Crippen LogP contribution >= 0.6 is 0 Å². The van der Waals surface area contributed by atoms with Gasteiger partial charge in [0.15, 0.2) is 5.41 Å². The summed E-state index contributed by atoms with van der Waals surface area (Å²) < 4.78 is 0. The van der Waals surface area contributed by atoms with Crippen LogP contribution in [0.25, 0.3) is 0 Å². The van der Waals surface area contributed by atoms with Gasteiger partial charge in [0.2, 0.25) is 0 Å². The maximum absolute atomic E-state index is 11.5. The van der Waals surface area contributed by atoms with Crippen LogP contribution in [0.5, 0.6) is 0 Å². The number of carbonyl (C=O) groups is 2. The van der Waals surface area contributed by atoms with Crippen molar-refractivity contribution in [2.45, 2.75) is 44.4 Å². The molecule has 1 rings (SSSR count). The van der Waals surface area contributed by atoms with E-state index < -0.39 is 17.4 Å². The van der Waals surface area contributed by atoms with E-state index in [0.717, 1.165) is 19.3 Å². The van der Waals surface area contributed by atoms with Gasteiger partial charge in [0, 0.05) is 0 Å². The van der Waals surface area contributed by atoms with E-state index in [1.54, 1.807) is 30.3 Å². The summed E-state index contributed by atoms with van der Waals surface area (Å²) in [6.07, 6.45) is 3.59. The SMILES string of the molecule is CCCCCCC(C(=O)O)(C(=O)O)c1ccccc1.[NaH]. The van der Waals surface area contributed by atoms with E-state index in [2.05, 4.69) is 6.92 Å². The molecule has 0 bridgehead atoms. The molecule has 0 aliphatic carbocycles. The summed E-state index contributed by atoms with van der Waals surface area (Å²) >= 11 is 0. The van der Waals surface area contributed by atoms with E-state index in [9.17, 15) is 19.8 Å². The Balaban J connectivity index is 0.00000361. The van der Waals surface area contributed by atoms with E-state index >= 15 is 0 Å². The molecule has 0 aliphatic rings. The van der Waals surface area contributed by atoms with Crippen molar-refractivity contribution in [2.24, 2.45) is 0 Å². The molecule has 0 unspecified atom stereocenters. The second-order valence-corrected chi connectivity index (χ2v) is 4.69. The standard InChI is InChI=1S/C15H20O4.Na.H/c1-2-3-4-8-11-15(13(16)17,14(18)19)12-9-6-5-7-10-12;;/h5-7,9-10H,2-4,8,11H2,1H3,(H,16,17)(H,18,19);;. The first-order chi connectivity index (χ1) is 9.05. The quantitative estimate of drug-likeness (QED) is 0.437. The number of hydrogen-bond acceptors (Lipinski definition) is 2. The van der Waals surface area contributed by atoms with Gasteiger partial charge in [-0.25, -0.2) is 0 Å². The molecule has 0 fully saturated rings. The van der Waals surface area contributed by atoms with Crippen molar-refractivity contribution in [3.63, 3.8) is 0 Å². The molecular formula is C15H21NaO4. The molecule has 0 saturated carbocycles. The fourth-order valence-electron chi connectivity index (χ4n) is 2.24. The van der Waals surface area contributed by atoms with Gasteiger partial charge in [-0.15, -0.1) is 0 Å². The van der Waals surface area contributed by atoms with E-state index in [1.165, 1.54) is 0 Å². The monoisotopic (exact) mass is 288 g/mol. The number of benzene rings is 1. The first-order valence-electron chi connectivity index (χ1n) is 6.58. The van der Waals surface area contributed by atoms with Crippen LogP contribution in [0.1, 0.15) is 44.6 Å². The molecule has 0 aliphatic heterocycles. The predicted octanol–water partition coefficient (Wildman–Crippen LogP) is 2.42. The maximum atomic E-state index is 11.5. The second kappa shape index (κ2) is 9.16. The Hall–Kier alpha value is -0.840. The molecule has 20 heavy (non-hydrogen) atoms. The molecule has 0 atom stereocenters. The molecular weight excluding hydrogens is 267 g/mol. The zero-order valence-corrected chi connectivity index (χ0v) is 11.1. The summed E-state index contributed by atoms with van der Waals surface area (Å²) in [5.41, 5.74) is -1.49. The molecule has 1 aromatic carbocycles. The van der Waals surface area contributed by atoms with Crippen LogP contribution in [0.4, 0.5) is 0 Å². The average molecular weight is 288 g/mol. The van der Waals surface area contributed by atoms with Gasteiger partial charge in [-0.05, 0) is 12.0 Å². The molecule has 4 nitrogen and oxygen atoms in total. The zero-order chi connectivity index (χ0) is 14.3. The van der Waals surface area contributed by atoms with Crippen LogP contribution in [-0.4, -0.2) is 51.7 Å². The van der Waals surface area contributed by atoms with E-state index in [0.29, 0.717) is 12.0 Å². The van der Waals surface area contributed by atoms with Gasteiger partial charge in [0.1, 0.15) is 0 Å². The van der Waals surface area contributed by atoms with Crippen molar-refractivity contribution in [2.75, 3.05) is 0 Å². The van der Waals surface area contributed by atoms with Crippen molar-refractivity contribution in [3.8, 4) is 0 Å². The molecule has 5 heteroatoms. The Morgan fingerprint density at radius 3 is 2.00 bits per heavy atom. The third kappa shape index (κ3) is 4.33. The molecule has 0 heterocycles. The molecule has 0 aromatic heterocycles. The summed E-state index contributed by atoms with van der Waals surface area (Å²) in [5.74, 6) is -2.58. The molecule has 2 N–H and O–H groups in total. The Bertz CT molecular complexity index is 417. The number of rotatable bonds is 8. The summed E-state index contributed by atoms with van der Waals surface area (Å²) in [4.78, 5) is 23.1. The molecule has 0 spiro atoms. The topological polar surface area (TPSA) is 74.6 Å². The van der Waals surface area contributed by atoms with Gasteiger partial charge in [-0.3, -0.25) is 9.59 Å². The number of unbranched alkanes of at least 4 members (excludes halogenated alkanes) is 3. The van der Waals surface area contributed by atoms with Gasteiger partial charge in [0.05, 0.1) is 0 Å². The normalized spacial score (nSPS) is 10.7. The van der Waals surface area contributed by atoms with E-state index in [4.69, 9.17) is 0 Å². The Morgan fingerprint density at radius 2 is 1.55 bits per heavy atom. The minimum absolute atomic E-state index is 0. The van der Waals surface area contributed by atoms with E-state index in [1.807, 2.05) is 0 Å². The van der Waals surface area contributed by atoms with Crippen molar-refractivity contribution < 1.29 is 19.8 Å². The van der Waals surface area contributed by atoms with Crippen molar-refractivity contribution in [1.29, 1.82) is 0 Å². The molecule has 0 saturated heterocycles. The fraction of sp³-hybridized carbons (Fsp3) is 0.467. The van der Waals surface area contributed by atoms with E-state index in [-0.39, 0.29) is 36.0 Å². The third-order valence-electron chi connectivity index (χ3n) is 3.40. The number of carboxylic acid groups (broad SMARTS) is 2. The summed E-state index contributed by atoms with van der Waals surface area (Å²) in [6.45, 7) is 2.05. The number of carboxylic acids is 2. The predicted molar refractivity (Wildman–Crippen MR) is 79.3 cm³/mol. The number of hydrogen-bond donors (Lipinski definition) is 2.